The van der Waals surface area contributed by atoms with Gasteiger partial charge in [0.05, 0.1) is 0 Å². The number of alkyl halides is 1. The largest absolute Gasteiger partial charge is 0.636 e. The molecule has 0 radical (unpaired) electrons. The molecular weight excluding hydrogens is 162 g/mol. The van der Waals surface area contributed by atoms with Gasteiger partial charge >= 0.3 is 7.32 Å². The van der Waals surface area contributed by atoms with Crippen LogP contribution in [0.4, 0.5) is 4.39 Å². The summed E-state index contributed by atoms with van der Waals surface area (Å²) in [6.45, 7) is 0. The molecule has 1 rings (SSSR count). The Hall–Kier alpha value is -0.905. The van der Waals surface area contributed by atoms with Gasteiger partial charge in [0.25, 0.3) is 0 Å². The van der Waals surface area contributed by atoms with Crippen molar-refractivity contribution < 1.29 is 19.1 Å². The zero-order chi connectivity index (χ0) is 8.97. The van der Waals surface area contributed by atoms with Gasteiger partial charge in [-0.3, -0.25) is 0 Å². The first kappa shape index (κ1) is 9.19. The fraction of sp³-hybridized carbons (Fsp3) is 0.143. The highest BCUT2D eigenvalue weighted by Crippen LogP contribution is 2.17. The van der Waals surface area contributed by atoms with Crippen molar-refractivity contribution >= 4 is 7.32 Å². The number of benzene rings is 1. The molecule has 1 aromatic carbocycles. The van der Waals surface area contributed by atoms with Gasteiger partial charge in [0.1, 0.15) is 0 Å². The van der Waals surface area contributed by atoms with Crippen molar-refractivity contribution in [1.82, 2.24) is 0 Å². The third-order valence-corrected chi connectivity index (χ3v) is 1.30. The van der Waals surface area contributed by atoms with E-state index in [1.165, 1.54) is 12.1 Å². The molecule has 3 nitrogen and oxygen atoms in total. The van der Waals surface area contributed by atoms with E-state index in [0.717, 1.165) is 0 Å². The minimum atomic E-state index is -2.08. The predicted molar refractivity (Wildman–Crippen MR) is 41.6 cm³/mol. The molecule has 0 bridgehead atoms. The molecule has 0 aromatic heterocycles. The highest BCUT2D eigenvalue weighted by molar-refractivity contribution is 6.32. The second-order valence-corrected chi connectivity index (χ2v) is 2.19. The van der Waals surface area contributed by atoms with Crippen LogP contribution in [0.1, 0.15) is 11.9 Å². The molecule has 0 fully saturated rings. The molecule has 1 atom stereocenters. The van der Waals surface area contributed by atoms with Crippen molar-refractivity contribution in [2.24, 2.45) is 0 Å². The zero-order valence-electron chi connectivity index (χ0n) is 6.22. The predicted octanol–water partition coefficient (Wildman–Crippen LogP) is 0.641. The molecular formula is C7H8BFO3. The van der Waals surface area contributed by atoms with Crippen molar-refractivity contribution in [3.8, 4) is 0 Å². The summed E-state index contributed by atoms with van der Waals surface area (Å²) in [5.74, 6) is 0. The Balaban J connectivity index is 2.59. The summed E-state index contributed by atoms with van der Waals surface area (Å²) in [5, 5.41) is 16.6. The fourth-order valence-electron chi connectivity index (χ4n) is 0.790. The highest BCUT2D eigenvalue weighted by Gasteiger charge is 2.18. The van der Waals surface area contributed by atoms with Gasteiger partial charge in [-0.2, -0.15) is 0 Å². The third-order valence-electron chi connectivity index (χ3n) is 1.30. The maximum atomic E-state index is 12.8. The van der Waals surface area contributed by atoms with E-state index in [0.29, 0.717) is 0 Å². The van der Waals surface area contributed by atoms with Crippen LogP contribution in [-0.4, -0.2) is 17.4 Å². The fourth-order valence-corrected chi connectivity index (χ4v) is 0.790. The van der Waals surface area contributed by atoms with Gasteiger partial charge in [-0.15, -0.1) is 0 Å². The first-order valence-electron chi connectivity index (χ1n) is 3.41. The lowest BCUT2D eigenvalue weighted by molar-refractivity contribution is 0.0204. The van der Waals surface area contributed by atoms with E-state index < -0.39 is 13.7 Å². The van der Waals surface area contributed by atoms with Gasteiger partial charge < -0.3 is 14.7 Å². The van der Waals surface area contributed by atoms with Gasteiger partial charge in [-0.25, -0.2) is 4.39 Å². The topological polar surface area (TPSA) is 49.7 Å². The molecule has 1 aromatic rings. The first-order chi connectivity index (χ1) is 5.70. The van der Waals surface area contributed by atoms with Crippen LogP contribution in [0.5, 0.6) is 0 Å². The minimum absolute atomic E-state index is 0.255. The van der Waals surface area contributed by atoms with Crippen LogP contribution in [0.3, 0.4) is 0 Å². The molecule has 0 aliphatic carbocycles. The molecule has 0 heterocycles. The van der Waals surface area contributed by atoms with Crippen molar-refractivity contribution in [1.29, 1.82) is 0 Å². The summed E-state index contributed by atoms with van der Waals surface area (Å²) in [7, 11) is -2.08. The Labute approximate surface area is 69.6 Å². The van der Waals surface area contributed by atoms with Gasteiger partial charge in [-0.05, 0) is 0 Å². The quantitative estimate of drug-likeness (QED) is 0.654. The summed E-state index contributed by atoms with van der Waals surface area (Å²) in [6.07, 6.45) is -1.80. The van der Waals surface area contributed by atoms with Crippen LogP contribution in [0.15, 0.2) is 30.3 Å². The molecule has 0 spiro atoms. The average Bonchev–Trinajstić information content (AvgIpc) is 2.05. The van der Waals surface area contributed by atoms with Gasteiger partial charge in [-0.1, -0.05) is 30.3 Å². The molecule has 0 saturated heterocycles. The van der Waals surface area contributed by atoms with Crippen molar-refractivity contribution in [2.45, 2.75) is 6.36 Å². The Bertz CT molecular complexity index is 229. The molecule has 2 N–H and O–H groups in total. The summed E-state index contributed by atoms with van der Waals surface area (Å²) in [4.78, 5) is 0. The Kier molecular flexibility index (Phi) is 3.22. The highest BCUT2D eigenvalue weighted by atomic mass is 19.1. The molecule has 12 heavy (non-hydrogen) atoms. The van der Waals surface area contributed by atoms with Gasteiger partial charge in [0.2, 0.25) is 6.36 Å². The van der Waals surface area contributed by atoms with Crippen LogP contribution < -0.4 is 0 Å². The monoisotopic (exact) mass is 170 g/mol. The molecule has 1 unspecified atom stereocenters. The Morgan fingerprint density at radius 2 is 1.83 bits per heavy atom. The zero-order valence-corrected chi connectivity index (χ0v) is 6.22. The molecule has 0 saturated carbocycles. The van der Waals surface area contributed by atoms with Gasteiger partial charge in [0.15, 0.2) is 0 Å². The molecule has 0 aliphatic rings. The van der Waals surface area contributed by atoms with Crippen LogP contribution in [0.25, 0.3) is 0 Å². The Morgan fingerprint density at radius 1 is 1.25 bits per heavy atom. The Morgan fingerprint density at radius 3 is 2.33 bits per heavy atom. The van der Waals surface area contributed by atoms with Crippen LogP contribution >= 0.6 is 0 Å². The number of rotatable bonds is 3. The lowest BCUT2D eigenvalue weighted by Gasteiger charge is -2.08. The van der Waals surface area contributed by atoms with E-state index in [2.05, 4.69) is 4.65 Å². The number of hydrogen-bond acceptors (Lipinski definition) is 3. The standard InChI is InChI=1S/C7H8BFO3/c9-7(12-8(10)11)6-4-2-1-3-5-6/h1-5,7,10-11H. The van der Waals surface area contributed by atoms with E-state index in [1.54, 1.807) is 18.2 Å². The van der Waals surface area contributed by atoms with E-state index >= 15 is 0 Å². The van der Waals surface area contributed by atoms with Crippen molar-refractivity contribution in [3.63, 3.8) is 0 Å². The van der Waals surface area contributed by atoms with E-state index in [-0.39, 0.29) is 5.56 Å². The number of hydrogen-bond donors (Lipinski definition) is 2. The molecule has 0 aliphatic heterocycles. The first-order valence-corrected chi connectivity index (χ1v) is 3.41. The number of halogens is 1. The molecule has 5 heteroatoms. The van der Waals surface area contributed by atoms with Gasteiger partial charge in [0, 0.05) is 5.56 Å². The summed E-state index contributed by atoms with van der Waals surface area (Å²) in [6, 6.07) is 7.98. The van der Waals surface area contributed by atoms with E-state index in [9.17, 15) is 4.39 Å². The lowest BCUT2D eigenvalue weighted by atomic mass is 10.2. The minimum Gasteiger partial charge on any atom is -0.402 e. The third kappa shape index (κ3) is 2.62. The van der Waals surface area contributed by atoms with Crippen LogP contribution in [-0.2, 0) is 4.65 Å². The van der Waals surface area contributed by atoms with Crippen molar-refractivity contribution in [2.75, 3.05) is 0 Å². The van der Waals surface area contributed by atoms with E-state index in [4.69, 9.17) is 10.0 Å². The normalized spacial score (nSPS) is 12.6. The van der Waals surface area contributed by atoms with Crippen LogP contribution in [0.2, 0.25) is 0 Å². The summed E-state index contributed by atoms with van der Waals surface area (Å²) in [5.41, 5.74) is 0.255. The summed E-state index contributed by atoms with van der Waals surface area (Å²) >= 11 is 0. The van der Waals surface area contributed by atoms with E-state index in [1.807, 2.05) is 0 Å². The maximum Gasteiger partial charge on any atom is 0.636 e. The van der Waals surface area contributed by atoms with Crippen molar-refractivity contribution in [3.05, 3.63) is 35.9 Å². The maximum absolute atomic E-state index is 12.8. The SMILES string of the molecule is OB(O)OC(F)c1ccccc1. The lowest BCUT2D eigenvalue weighted by Crippen LogP contribution is -2.18. The smallest absolute Gasteiger partial charge is 0.402 e. The molecule has 64 valence electrons. The molecule has 0 amide bonds. The second kappa shape index (κ2) is 4.20. The van der Waals surface area contributed by atoms with Crippen LogP contribution in [0, 0.1) is 0 Å². The average molecular weight is 170 g/mol. The summed E-state index contributed by atoms with van der Waals surface area (Å²) < 4.78 is 16.9. The second-order valence-electron chi connectivity index (χ2n) is 2.19.